The molecule has 2 atom stereocenters. The Bertz CT molecular complexity index is 664. The van der Waals surface area contributed by atoms with Crippen LogP contribution in [0.2, 0.25) is 0 Å². The highest BCUT2D eigenvalue weighted by molar-refractivity contribution is 7.89. The molecule has 2 aliphatic rings. The summed E-state index contributed by atoms with van der Waals surface area (Å²) >= 11 is 0. The van der Waals surface area contributed by atoms with Gasteiger partial charge in [0, 0.05) is 6.54 Å². The predicted octanol–water partition coefficient (Wildman–Crippen LogP) is 1.89. The first-order valence-electron chi connectivity index (χ1n) is 7.27. The Hall–Kier alpha value is -1.42. The molecule has 1 aliphatic carbocycles. The lowest BCUT2D eigenvalue weighted by Crippen LogP contribution is -2.54. The van der Waals surface area contributed by atoms with Gasteiger partial charge in [0.2, 0.25) is 10.0 Å². The molecule has 0 aromatic heterocycles. The van der Waals surface area contributed by atoms with Gasteiger partial charge in [-0.15, -0.1) is 0 Å². The summed E-state index contributed by atoms with van der Waals surface area (Å²) in [6, 6.07) is 8.28. The summed E-state index contributed by atoms with van der Waals surface area (Å²) < 4.78 is 33.2. The van der Waals surface area contributed by atoms with E-state index in [2.05, 4.69) is 0 Å². The summed E-state index contributed by atoms with van der Waals surface area (Å²) in [6.07, 6.45) is 3.85. The van der Waals surface area contributed by atoms with E-state index < -0.39 is 10.0 Å². The number of nitrogens with zero attached hydrogens (tertiary/aromatic N) is 2. The minimum Gasteiger partial charge on any atom is -0.375 e. The van der Waals surface area contributed by atoms with Crippen LogP contribution in [-0.2, 0) is 14.8 Å². The molecule has 1 aromatic rings. The summed E-state index contributed by atoms with van der Waals surface area (Å²) in [4.78, 5) is 0.110. The second kappa shape index (κ2) is 5.76. The molecule has 2 fully saturated rings. The fourth-order valence-corrected chi connectivity index (χ4v) is 5.08. The van der Waals surface area contributed by atoms with Crippen LogP contribution in [0.15, 0.2) is 29.2 Å². The van der Waals surface area contributed by atoms with Gasteiger partial charge in [0.25, 0.3) is 0 Å². The SMILES string of the molecule is N#Cc1ccccc1S(=O)(=O)N1CCOC2CCCCC21. The molecule has 21 heavy (non-hydrogen) atoms. The minimum absolute atomic E-state index is 0.00322. The summed E-state index contributed by atoms with van der Waals surface area (Å²) in [6.45, 7) is 0.790. The zero-order valence-corrected chi connectivity index (χ0v) is 12.6. The maximum absolute atomic E-state index is 12.9. The van der Waals surface area contributed by atoms with Gasteiger partial charge in [-0.2, -0.15) is 9.57 Å². The average Bonchev–Trinajstić information content (AvgIpc) is 2.54. The van der Waals surface area contributed by atoms with Crippen LogP contribution >= 0.6 is 0 Å². The van der Waals surface area contributed by atoms with E-state index in [-0.39, 0.29) is 22.6 Å². The normalized spacial score (nSPS) is 26.8. The number of benzene rings is 1. The van der Waals surface area contributed by atoms with Gasteiger partial charge in [-0.3, -0.25) is 0 Å². The van der Waals surface area contributed by atoms with Crippen LogP contribution in [0.1, 0.15) is 31.2 Å². The first-order chi connectivity index (χ1) is 10.1. The summed E-state index contributed by atoms with van der Waals surface area (Å²) in [5, 5.41) is 9.15. The molecule has 0 N–H and O–H groups in total. The van der Waals surface area contributed by atoms with Crippen molar-refractivity contribution in [2.45, 2.75) is 42.7 Å². The van der Waals surface area contributed by atoms with Gasteiger partial charge in [0.05, 0.1) is 29.2 Å². The molecular weight excluding hydrogens is 288 g/mol. The van der Waals surface area contributed by atoms with Crippen LogP contribution in [-0.4, -0.2) is 38.0 Å². The quantitative estimate of drug-likeness (QED) is 0.836. The zero-order chi connectivity index (χ0) is 14.9. The van der Waals surface area contributed by atoms with Gasteiger partial charge in [-0.05, 0) is 25.0 Å². The molecule has 0 amide bonds. The first kappa shape index (κ1) is 14.5. The van der Waals surface area contributed by atoms with E-state index in [0.717, 1.165) is 25.7 Å². The Labute approximate surface area is 125 Å². The van der Waals surface area contributed by atoms with Crippen LogP contribution in [0.5, 0.6) is 0 Å². The van der Waals surface area contributed by atoms with Crippen molar-refractivity contribution in [3.8, 4) is 6.07 Å². The third-order valence-corrected chi connectivity index (χ3v) is 6.26. The summed E-state index contributed by atoms with van der Waals surface area (Å²) in [5.41, 5.74) is 0.205. The van der Waals surface area contributed by atoms with Crippen molar-refractivity contribution in [2.24, 2.45) is 0 Å². The number of ether oxygens (including phenoxy) is 1. The third kappa shape index (κ3) is 2.57. The average molecular weight is 306 g/mol. The van der Waals surface area contributed by atoms with E-state index in [0.29, 0.717) is 13.2 Å². The van der Waals surface area contributed by atoms with Crippen molar-refractivity contribution >= 4 is 10.0 Å². The number of nitriles is 1. The zero-order valence-electron chi connectivity index (χ0n) is 11.7. The number of hydrogen-bond donors (Lipinski definition) is 0. The van der Waals surface area contributed by atoms with Gasteiger partial charge in [-0.25, -0.2) is 8.42 Å². The van der Waals surface area contributed by atoms with Crippen molar-refractivity contribution in [2.75, 3.05) is 13.2 Å². The second-order valence-electron chi connectivity index (χ2n) is 5.48. The van der Waals surface area contributed by atoms with Crippen LogP contribution in [0.4, 0.5) is 0 Å². The molecule has 112 valence electrons. The maximum atomic E-state index is 12.9. The van der Waals surface area contributed by atoms with E-state index in [9.17, 15) is 8.42 Å². The minimum atomic E-state index is -3.64. The Kier molecular flexibility index (Phi) is 3.98. The van der Waals surface area contributed by atoms with Gasteiger partial charge in [0.1, 0.15) is 6.07 Å². The lowest BCUT2D eigenvalue weighted by molar-refractivity contribution is -0.0586. The number of morpholine rings is 1. The molecule has 2 unspecified atom stereocenters. The van der Waals surface area contributed by atoms with E-state index >= 15 is 0 Å². The van der Waals surface area contributed by atoms with E-state index in [1.165, 1.54) is 6.07 Å². The van der Waals surface area contributed by atoms with Gasteiger partial charge < -0.3 is 4.74 Å². The maximum Gasteiger partial charge on any atom is 0.244 e. The monoisotopic (exact) mass is 306 g/mol. The highest BCUT2D eigenvalue weighted by atomic mass is 32.2. The van der Waals surface area contributed by atoms with Crippen molar-refractivity contribution in [1.82, 2.24) is 4.31 Å². The molecule has 1 aromatic carbocycles. The second-order valence-corrected chi connectivity index (χ2v) is 7.34. The molecule has 1 heterocycles. The Balaban J connectivity index is 1.99. The fourth-order valence-electron chi connectivity index (χ4n) is 3.27. The topological polar surface area (TPSA) is 70.4 Å². The fraction of sp³-hybridized carbons (Fsp3) is 0.533. The number of fused-ring (bicyclic) bond motifs is 1. The van der Waals surface area contributed by atoms with Crippen molar-refractivity contribution in [3.05, 3.63) is 29.8 Å². The number of rotatable bonds is 2. The smallest absolute Gasteiger partial charge is 0.244 e. The summed E-state index contributed by atoms with van der Waals surface area (Å²) in [7, 11) is -3.64. The standard InChI is InChI=1S/C15H18N2O3S/c16-11-12-5-1-4-8-15(12)21(18,19)17-9-10-20-14-7-3-2-6-13(14)17/h1,4-5,8,13-14H,2-3,6-7,9-10H2. The van der Waals surface area contributed by atoms with Gasteiger partial charge in [0.15, 0.2) is 0 Å². The van der Waals surface area contributed by atoms with Crippen LogP contribution in [0, 0.1) is 11.3 Å². The number of sulfonamides is 1. The molecule has 1 saturated heterocycles. The molecule has 0 radical (unpaired) electrons. The predicted molar refractivity (Wildman–Crippen MR) is 77.0 cm³/mol. The van der Waals surface area contributed by atoms with Crippen LogP contribution in [0.25, 0.3) is 0 Å². The molecule has 6 heteroatoms. The van der Waals surface area contributed by atoms with Crippen molar-refractivity contribution in [1.29, 1.82) is 5.26 Å². The third-order valence-electron chi connectivity index (χ3n) is 4.28. The van der Waals surface area contributed by atoms with E-state index in [1.54, 1.807) is 22.5 Å². The highest BCUT2D eigenvalue weighted by Gasteiger charge is 2.41. The highest BCUT2D eigenvalue weighted by Crippen LogP contribution is 2.32. The first-order valence-corrected chi connectivity index (χ1v) is 8.71. The molecule has 0 bridgehead atoms. The van der Waals surface area contributed by atoms with Crippen molar-refractivity contribution in [3.63, 3.8) is 0 Å². The van der Waals surface area contributed by atoms with Gasteiger partial charge in [-0.1, -0.05) is 25.0 Å². The molecular formula is C15H18N2O3S. The molecule has 3 rings (SSSR count). The van der Waals surface area contributed by atoms with E-state index in [1.807, 2.05) is 6.07 Å². The molecule has 5 nitrogen and oxygen atoms in total. The Morgan fingerprint density at radius 2 is 2.00 bits per heavy atom. The van der Waals surface area contributed by atoms with Gasteiger partial charge >= 0.3 is 0 Å². The number of hydrogen-bond acceptors (Lipinski definition) is 4. The molecule has 0 spiro atoms. The Morgan fingerprint density at radius 1 is 1.24 bits per heavy atom. The van der Waals surface area contributed by atoms with Crippen LogP contribution < -0.4 is 0 Å². The molecule has 1 saturated carbocycles. The molecule has 1 aliphatic heterocycles. The largest absolute Gasteiger partial charge is 0.375 e. The van der Waals surface area contributed by atoms with E-state index in [4.69, 9.17) is 10.00 Å². The van der Waals surface area contributed by atoms with Crippen LogP contribution in [0.3, 0.4) is 0 Å². The van der Waals surface area contributed by atoms with Crippen molar-refractivity contribution < 1.29 is 13.2 Å². The lowest BCUT2D eigenvalue weighted by atomic mass is 9.91. The Morgan fingerprint density at radius 3 is 2.81 bits per heavy atom. The summed E-state index contributed by atoms with van der Waals surface area (Å²) in [5.74, 6) is 0. The lowest BCUT2D eigenvalue weighted by Gasteiger charge is -2.42.